The lowest BCUT2D eigenvalue weighted by atomic mass is 10.1. The fourth-order valence-corrected chi connectivity index (χ4v) is 6.68. The lowest BCUT2D eigenvalue weighted by Crippen LogP contribution is -2.15. The van der Waals surface area contributed by atoms with Crippen molar-refractivity contribution in [2.45, 2.75) is 37.1 Å². The molecule has 1 aromatic carbocycles. The zero-order valence-corrected chi connectivity index (χ0v) is 18.3. The van der Waals surface area contributed by atoms with Crippen molar-refractivity contribution in [2.75, 3.05) is 11.5 Å². The van der Waals surface area contributed by atoms with Crippen molar-refractivity contribution in [3.8, 4) is 0 Å². The van der Waals surface area contributed by atoms with Gasteiger partial charge in [0.15, 0.2) is 20.8 Å². The van der Waals surface area contributed by atoms with Gasteiger partial charge in [-0.2, -0.15) is 0 Å². The van der Waals surface area contributed by atoms with Gasteiger partial charge in [-0.25, -0.2) is 8.42 Å². The number of aromatic nitrogens is 4. The number of para-hydroxylation sites is 1. The highest BCUT2D eigenvalue weighted by molar-refractivity contribution is 8.00. The first-order valence-electron chi connectivity index (χ1n) is 9.62. The van der Waals surface area contributed by atoms with Crippen molar-refractivity contribution in [1.82, 2.24) is 19.7 Å². The molecular weight excluding hydrogens is 408 g/mol. The Labute approximate surface area is 174 Å². The zero-order chi connectivity index (χ0) is 20.8. The average molecular weight is 433 g/mol. The molecule has 29 heavy (non-hydrogen) atoms. The SMILES string of the molecule is Cc1[nH]c2ccccc2c1C(=O)[C@H](C)Sc1nnc(C[C@H]2CCS(=O)(=O)C2)n1C. The van der Waals surface area contributed by atoms with Crippen LogP contribution < -0.4 is 0 Å². The minimum atomic E-state index is -2.91. The normalized spacial score (nSPS) is 19.6. The Morgan fingerprint density at radius 1 is 1.34 bits per heavy atom. The second kappa shape index (κ2) is 7.60. The van der Waals surface area contributed by atoms with Crippen LogP contribution in [0.4, 0.5) is 0 Å². The number of hydrogen-bond donors (Lipinski definition) is 1. The fourth-order valence-electron chi connectivity index (χ4n) is 3.93. The van der Waals surface area contributed by atoms with Gasteiger partial charge in [0, 0.05) is 35.6 Å². The molecule has 2 atom stereocenters. The molecule has 4 rings (SSSR count). The van der Waals surface area contributed by atoms with Gasteiger partial charge in [-0.1, -0.05) is 30.0 Å². The summed E-state index contributed by atoms with van der Waals surface area (Å²) in [4.78, 5) is 16.4. The monoisotopic (exact) mass is 432 g/mol. The van der Waals surface area contributed by atoms with Crippen molar-refractivity contribution in [2.24, 2.45) is 13.0 Å². The van der Waals surface area contributed by atoms with E-state index in [0.29, 0.717) is 18.0 Å². The smallest absolute Gasteiger partial charge is 0.191 e. The summed E-state index contributed by atoms with van der Waals surface area (Å²) in [5.74, 6) is 1.38. The van der Waals surface area contributed by atoms with E-state index in [4.69, 9.17) is 0 Å². The predicted molar refractivity (Wildman–Crippen MR) is 114 cm³/mol. The van der Waals surface area contributed by atoms with Crippen LogP contribution in [0.5, 0.6) is 0 Å². The van der Waals surface area contributed by atoms with Crippen molar-refractivity contribution in [3.63, 3.8) is 0 Å². The Hall–Kier alpha value is -2.13. The minimum absolute atomic E-state index is 0.0522. The van der Waals surface area contributed by atoms with Gasteiger partial charge < -0.3 is 9.55 Å². The lowest BCUT2D eigenvalue weighted by molar-refractivity contribution is 0.0995. The van der Waals surface area contributed by atoms with Crippen molar-refractivity contribution >= 4 is 38.3 Å². The van der Waals surface area contributed by atoms with E-state index < -0.39 is 9.84 Å². The number of sulfone groups is 1. The molecule has 0 spiro atoms. The molecule has 9 heteroatoms. The summed E-state index contributed by atoms with van der Waals surface area (Å²) in [5, 5.41) is 9.77. The van der Waals surface area contributed by atoms with Crippen LogP contribution in [0.15, 0.2) is 29.4 Å². The number of Topliss-reactive ketones (excluding diaryl/α,β-unsaturated/α-hetero) is 1. The molecule has 7 nitrogen and oxygen atoms in total. The molecule has 3 heterocycles. The van der Waals surface area contributed by atoms with Gasteiger partial charge in [0.2, 0.25) is 0 Å². The first kappa shape index (κ1) is 20.2. The number of aryl methyl sites for hydroxylation is 1. The maximum Gasteiger partial charge on any atom is 0.191 e. The number of rotatable bonds is 6. The summed E-state index contributed by atoms with van der Waals surface area (Å²) in [5.41, 5.74) is 2.54. The Kier molecular flexibility index (Phi) is 5.29. The van der Waals surface area contributed by atoms with Crippen LogP contribution in [-0.4, -0.2) is 50.7 Å². The molecule has 0 amide bonds. The minimum Gasteiger partial charge on any atom is -0.358 e. The number of thioether (sulfide) groups is 1. The van der Waals surface area contributed by atoms with Crippen LogP contribution in [0.2, 0.25) is 0 Å². The summed E-state index contributed by atoms with van der Waals surface area (Å²) >= 11 is 1.38. The number of benzene rings is 1. The van der Waals surface area contributed by atoms with Crippen LogP contribution in [0, 0.1) is 12.8 Å². The summed E-state index contributed by atoms with van der Waals surface area (Å²) in [6, 6.07) is 7.80. The van der Waals surface area contributed by atoms with Gasteiger partial charge in [0.05, 0.1) is 16.8 Å². The van der Waals surface area contributed by atoms with Crippen molar-refractivity contribution in [3.05, 3.63) is 41.3 Å². The molecular formula is C20H24N4O3S2. The van der Waals surface area contributed by atoms with Crippen LogP contribution >= 0.6 is 11.8 Å². The second-order valence-electron chi connectivity index (χ2n) is 7.73. The van der Waals surface area contributed by atoms with Gasteiger partial charge in [-0.15, -0.1) is 10.2 Å². The van der Waals surface area contributed by atoms with E-state index in [1.54, 1.807) is 0 Å². The average Bonchev–Trinajstić information content (AvgIpc) is 3.30. The quantitative estimate of drug-likeness (QED) is 0.475. The molecule has 1 fully saturated rings. The van der Waals surface area contributed by atoms with Gasteiger partial charge >= 0.3 is 0 Å². The predicted octanol–water partition coefficient (Wildman–Crippen LogP) is 2.95. The van der Waals surface area contributed by atoms with Gasteiger partial charge in [0.1, 0.15) is 5.82 Å². The largest absolute Gasteiger partial charge is 0.358 e. The number of fused-ring (bicyclic) bond motifs is 1. The molecule has 154 valence electrons. The van der Waals surface area contributed by atoms with E-state index in [-0.39, 0.29) is 28.5 Å². The molecule has 1 saturated heterocycles. The first-order chi connectivity index (χ1) is 13.7. The Morgan fingerprint density at radius 2 is 2.10 bits per heavy atom. The summed E-state index contributed by atoms with van der Waals surface area (Å²) < 4.78 is 25.3. The molecule has 0 aliphatic carbocycles. The van der Waals surface area contributed by atoms with E-state index in [9.17, 15) is 13.2 Å². The molecule has 0 bridgehead atoms. The molecule has 1 aliphatic rings. The number of hydrogen-bond acceptors (Lipinski definition) is 6. The zero-order valence-electron chi connectivity index (χ0n) is 16.7. The van der Waals surface area contributed by atoms with E-state index in [0.717, 1.165) is 28.0 Å². The van der Waals surface area contributed by atoms with E-state index in [2.05, 4.69) is 15.2 Å². The molecule has 1 N–H and O–H groups in total. The third kappa shape index (κ3) is 3.98. The third-order valence-electron chi connectivity index (χ3n) is 5.51. The van der Waals surface area contributed by atoms with E-state index in [1.807, 2.05) is 49.7 Å². The van der Waals surface area contributed by atoms with Gasteiger partial charge in [0.25, 0.3) is 0 Å². The van der Waals surface area contributed by atoms with Crippen molar-refractivity contribution in [1.29, 1.82) is 0 Å². The molecule has 0 saturated carbocycles. The summed E-state index contributed by atoms with van der Waals surface area (Å²) in [7, 11) is -1.04. The number of H-pyrrole nitrogens is 1. The highest BCUT2D eigenvalue weighted by atomic mass is 32.2. The molecule has 0 radical (unpaired) electrons. The second-order valence-corrected chi connectivity index (χ2v) is 11.3. The Morgan fingerprint density at radius 3 is 2.83 bits per heavy atom. The van der Waals surface area contributed by atoms with Crippen LogP contribution in [0.1, 0.15) is 35.2 Å². The number of aromatic amines is 1. The Bertz CT molecular complexity index is 1180. The number of carbonyl (C=O) groups excluding carboxylic acids is 1. The fraction of sp³-hybridized carbons (Fsp3) is 0.450. The van der Waals surface area contributed by atoms with Crippen LogP contribution in [0.3, 0.4) is 0 Å². The van der Waals surface area contributed by atoms with E-state index in [1.165, 1.54) is 11.8 Å². The number of nitrogens with zero attached hydrogens (tertiary/aromatic N) is 3. The van der Waals surface area contributed by atoms with Crippen LogP contribution in [0.25, 0.3) is 10.9 Å². The van der Waals surface area contributed by atoms with Gasteiger partial charge in [-0.05, 0) is 32.3 Å². The molecule has 1 aliphatic heterocycles. The van der Waals surface area contributed by atoms with E-state index >= 15 is 0 Å². The third-order valence-corrected chi connectivity index (χ3v) is 8.49. The summed E-state index contributed by atoms with van der Waals surface area (Å²) in [6.45, 7) is 3.80. The highest BCUT2D eigenvalue weighted by Gasteiger charge is 2.30. The molecule has 3 aromatic rings. The first-order valence-corrected chi connectivity index (χ1v) is 12.3. The number of ketones is 1. The number of carbonyl (C=O) groups is 1. The Balaban J connectivity index is 1.50. The van der Waals surface area contributed by atoms with Gasteiger partial charge in [-0.3, -0.25) is 4.79 Å². The number of nitrogens with one attached hydrogen (secondary N) is 1. The lowest BCUT2D eigenvalue weighted by Gasteiger charge is -2.11. The molecule has 0 unspecified atom stereocenters. The highest BCUT2D eigenvalue weighted by Crippen LogP contribution is 2.30. The maximum atomic E-state index is 13.1. The standard InChI is InChI=1S/C20H24N4O3S2/c1-12-18(15-6-4-5-7-16(15)21-12)19(25)13(2)28-20-23-22-17(24(20)3)10-14-8-9-29(26,27)11-14/h4-7,13-14,21H,8-11H2,1-3H3/t13-,14+/m0/s1. The van der Waals surface area contributed by atoms with Crippen molar-refractivity contribution < 1.29 is 13.2 Å². The summed E-state index contributed by atoms with van der Waals surface area (Å²) in [6.07, 6.45) is 1.26. The topological polar surface area (TPSA) is 97.7 Å². The van der Waals surface area contributed by atoms with Crippen LogP contribution in [-0.2, 0) is 23.3 Å². The molecule has 2 aromatic heterocycles. The maximum absolute atomic E-state index is 13.1.